The van der Waals surface area contributed by atoms with Gasteiger partial charge in [0.2, 0.25) is 5.91 Å². The van der Waals surface area contributed by atoms with Crippen molar-refractivity contribution in [3.63, 3.8) is 0 Å². The Hall–Kier alpha value is -1.70. The van der Waals surface area contributed by atoms with Crippen LogP contribution >= 0.6 is 0 Å². The zero-order chi connectivity index (χ0) is 15.7. The quantitative estimate of drug-likeness (QED) is 0.817. The number of nitrogens with one attached hydrogen (secondary N) is 1. The van der Waals surface area contributed by atoms with Gasteiger partial charge in [-0.25, -0.2) is 8.78 Å². The number of nitrogens with two attached hydrogens (primary N) is 1. The van der Waals surface area contributed by atoms with E-state index in [1.54, 1.807) is 20.0 Å². The molecule has 1 heterocycles. The summed E-state index contributed by atoms with van der Waals surface area (Å²) in [6.45, 7) is 4.07. The highest BCUT2D eigenvalue weighted by Gasteiger charge is 2.47. The predicted octanol–water partition coefficient (Wildman–Crippen LogP) is 0.870. The first-order valence-electron chi connectivity index (χ1n) is 6.81. The average Bonchev–Trinajstić information content (AvgIpc) is 2.83. The van der Waals surface area contributed by atoms with Crippen molar-refractivity contribution in [2.75, 3.05) is 13.2 Å². The molecule has 1 saturated carbocycles. The largest absolute Gasteiger partial charge is 0.489 e. The lowest BCUT2D eigenvalue weighted by molar-refractivity contribution is -0.136. The van der Waals surface area contributed by atoms with Crippen LogP contribution in [0.2, 0.25) is 0 Å². The summed E-state index contributed by atoms with van der Waals surface area (Å²) in [6, 6.07) is -0.477. The van der Waals surface area contributed by atoms with Crippen LogP contribution in [-0.2, 0) is 10.3 Å². The molecule has 1 amide bonds. The van der Waals surface area contributed by atoms with Crippen LogP contribution in [0, 0.1) is 0 Å². The molecule has 0 aliphatic heterocycles. The number of aromatic nitrogens is 2. The standard InChI is InChI=1S/C13H20F2N4O2/c1-12(2,11(20)18-9-5-13(14,15)6-9)19-8-10(7-17-19)21-4-3-16/h7-9H,3-6,16H2,1-2H3,(H,18,20). The van der Waals surface area contributed by atoms with Crippen LogP contribution in [0.4, 0.5) is 8.78 Å². The molecule has 1 aromatic rings. The highest BCUT2D eigenvalue weighted by atomic mass is 19.3. The molecule has 0 unspecified atom stereocenters. The van der Waals surface area contributed by atoms with Crippen molar-refractivity contribution in [3.8, 4) is 5.75 Å². The molecule has 0 radical (unpaired) electrons. The first-order chi connectivity index (χ1) is 9.74. The van der Waals surface area contributed by atoms with E-state index in [1.165, 1.54) is 10.9 Å². The molecule has 1 fully saturated rings. The highest BCUT2D eigenvalue weighted by Crippen LogP contribution is 2.37. The Morgan fingerprint density at radius 2 is 2.29 bits per heavy atom. The van der Waals surface area contributed by atoms with Gasteiger partial charge in [0, 0.05) is 25.4 Å². The van der Waals surface area contributed by atoms with Crippen LogP contribution < -0.4 is 15.8 Å². The fourth-order valence-corrected chi connectivity index (χ4v) is 2.09. The molecule has 1 aliphatic rings. The van der Waals surface area contributed by atoms with Crippen molar-refractivity contribution in [1.29, 1.82) is 0 Å². The van der Waals surface area contributed by atoms with Crippen LogP contribution in [0.5, 0.6) is 5.75 Å². The molecular weight excluding hydrogens is 282 g/mol. The minimum atomic E-state index is -2.66. The molecule has 0 aromatic carbocycles. The Morgan fingerprint density at radius 1 is 1.62 bits per heavy atom. The average molecular weight is 302 g/mol. The summed E-state index contributed by atoms with van der Waals surface area (Å²) >= 11 is 0. The second kappa shape index (κ2) is 5.59. The summed E-state index contributed by atoms with van der Waals surface area (Å²) in [5, 5.41) is 6.71. The number of amides is 1. The molecule has 6 nitrogen and oxygen atoms in total. The van der Waals surface area contributed by atoms with Crippen LogP contribution in [0.25, 0.3) is 0 Å². The highest BCUT2D eigenvalue weighted by molar-refractivity contribution is 5.83. The Balaban J connectivity index is 1.96. The number of nitrogens with zero attached hydrogens (tertiary/aromatic N) is 2. The Kier molecular flexibility index (Phi) is 4.18. The Labute approximate surface area is 121 Å². The van der Waals surface area contributed by atoms with Gasteiger partial charge in [0.05, 0.1) is 12.4 Å². The SMILES string of the molecule is CC(C)(C(=O)NC1CC(F)(F)C1)n1cc(OCCN)cn1. The van der Waals surface area contributed by atoms with Crippen molar-refractivity contribution in [2.24, 2.45) is 5.73 Å². The van der Waals surface area contributed by atoms with E-state index in [0.717, 1.165) is 0 Å². The summed E-state index contributed by atoms with van der Waals surface area (Å²) in [6.07, 6.45) is 2.46. The van der Waals surface area contributed by atoms with Crippen molar-refractivity contribution in [3.05, 3.63) is 12.4 Å². The lowest BCUT2D eigenvalue weighted by Crippen LogP contribution is -2.55. The topological polar surface area (TPSA) is 82.2 Å². The third-order valence-corrected chi connectivity index (χ3v) is 3.50. The summed E-state index contributed by atoms with van der Waals surface area (Å²) in [4.78, 5) is 12.2. The van der Waals surface area contributed by atoms with E-state index in [-0.39, 0.29) is 18.7 Å². The number of carbonyl (C=O) groups excluding carboxylic acids is 1. The smallest absolute Gasteiger partial charge is 0.252 e. The van der Waals surface area contributed by atoms with E-state index in [1.807, 2.05) is 0 Å². The number of alkyl halides is 2. The van der Waals surface area contributed by atoms with Gasteiger partial charge in [-0.1, -0.05) is 0 Å². The number of rotatable bonds is 6. The van der Waals surface area contributed by atoms with Gasteiger partial charge in [-0.3, -0.25) is 9.48 Å². The second-order valence-corrected chi connectivity index (χ2v) is 5.75. The Morgan fingerprint density at radius 3 is 2.86 bits per heavy atom. The van der Waals surface area contributed by atoms with E-state index in [9.17, 15) is 13.6 Å². The maximum absolute atomic E-state index is 12.8. The second-order valence-electron chi connectivity index (χ2n) is 5.75. The molecule has 3 N–H and O–H groups in total. The molecule has 0 saturated heterocycles. The monoisotopic (exact) mass is 302 g/mol. The summed E-state index contributed by atoms with van der Waals surface area (Å²) in [5.74, 6) is -2.50. The maximum Gasteiger partial charge on any atom is 0.252 e. The summed E-state index contributed by atoms with van der Waals surface area (Å²) in [5.41, 5.74) is 4.35. The van der Waals surface area contributed by atoms with Gasteiger partial charge in [-0.05, 0) is 13.8 Å². The minimum Gasteiger partial charge on any atom is -0.489 e. The molecule has 0 atom stereocenters. The van der Waals surface area contributed by atoms with E-state index in [0.29, 0.717) is 18.9 Å². The molecule has 8 heteroatoms. The van der Waals surface area contributed by atoms with Crippen LogP contribution in [0.15, 0.2) is 12.4 Å². The molecule has 21 heavy (non-hydrogen) atoms. The molecule has 1 aliphatic carbocycles. The van der Waals surface area contributed by atoms with Gasteiger partial charge in [-0.15, -0.1) is 0 Å². The third kappa shape index (κ3) is 3.49. The first-order valence-corrected chi connectivity index (χ1v) is 6.81. The molecular formula is C13H20F2N4O2. The molecule has 118 valence electrons. The molecule has 0 bridgehead atoms. The minimum absolute atomic E-state index is 0.307. The number of halogens is 2. The van der Waals surface area contributed by atoms with Crippen LogP contribution in [-0.4, -0.2) is 40.8 Å². The van der Waals surface area contributed by atoms with E-state index < -0.39 is 17.5 Å². The van der Waals surface area contributed by atoms with Gasteiger partial charge in [-0.2, -0.15) is 5.10 Å². The number of hydrogen-bond donors (Lipinski definition) is 2. The summed E-state index contributed by atoms with van der Waals surface area (Å²) in [7, 11) is 0. The van der Waals surface area contributed by atoms with Crippen molar-refractivity contribution >= 4 is 5.91 Å². The van der Waals surface area contributed by atoms with E-state index in [4.69, 9.17) is 10.5 Å². The van der Waals surface area contributed by atoms with Gasteiger partial charge in [0.15, 0.2) is 5.75 Å². The normalized spacial score (nSPS) is 18.1. The lowest BCUT2D eigenvalue weighted by atomic mass is 9.87. The first kappa shape index (κ1) is 15.7. The van der Waals surface area contributed by atoms with E-state index >= 15 is 0 Å². The fourth-order valence-electron chi connectivity index (χ4n) is 2.09. The summed E-state index contributed by atoms with van der Waals surface area (Å²) < 4.78 is 32.3. The Bertz CT molecular complexity index is 508. The van der Waals surface area contributed by atoms with Crippen molar-refractivity contribution < 1.29 is 18.3 Å². The van der Waals surface area contributed by atoms with Crippen LogP contribution in [0.1, 0.15) is 26.7 Å². The van der Waals surface area contributed by atoms with Gasteiger partial charge in [0.25, 0.3) is 5.92 Å². The molecule has 1 aromatic heterocycles. The van der Waals surface area contributed by atoms with Gasteiger partial charge >= 0.3 is 0 Å². The van der Waals surface area contributed by atoms with Gasteiger partial charge in [0.1, 0.15) is 12.1 Å². The third-order valence-electron chi connectivity index (χ3n) is 3.50. The molecule has 0 spiro atoms. The van der Waals surface area contributed by atoms with Gasteiger partial charge < -0.3 is 15.8 Å². The van der Waals surface area contributed by atoms with Crippen LogP contribution in [0.3, 0.4) is 0 Å². The van der Waals surface area contributed by atoms with E-state index in [2.05, 4.69) is 10.4 Å². The maximum atomic E-state index is 12.8. The van der Waals surface area contributed by atoms with Crippen molar-refractivity contribution in [1.82, 2.24) is 15.1 Å². The number of carbonyl (C=O) groups is 1. The van der Waals surface area contributed by atoms with Crippen molar-refractivity contribution in [2.45, 2.75) is 44.2 Å². The molecule has 2 rings (SSSR count). The fraction of sp³-hybridized carbons (Fsp3) is 0.692. The zero-order valence-corrected chi connectivity index (χ0v) is 12.1. The predicted molar refractivity (Wildman–Crippen MR) is 72.2 cm³/mol. The zero-order valence-electron chi connectivity index (χ0n) is 12.1. The lowest BCUT2D eigenvalue weighted by Gasteiger charge is -2.37. The number of hydrogen-bond acceptors (Lipinski definition) is 4. The number of ether oxygens (including phenoxy) is 1.